The zero-order valence-corrected chi connectivity index (χ0v) is 12.4. The third kappa shape index (κ3) is 3.37. The van der Waals surface area contributed by atoms with Gasteiger partial charge in [0.15, 0.2) is 0 Å². The number of rotatable bonds is 5. The largest absolute Gasteiger partial charge is 0.496 e. The number of halogens is 1. The van der Waals surface area contributed by atoms with Crippen LogP contribution >= 0.6 is 0 Å². The van der Waals surface area contributed by atoms with Crippen LogP contribution in [0.2, 0.25) is 0 Å². The normalized spacial score (nSPS) is 12.9. The van der Waals surface area contributed by atoms with Gasteiger partial charge in [0, 0.05) is 18.0 Å². The van der Waals surface area contributed by atoms with E-state index in [4.69, 9.17) is 4.74 Å². The van der Waals surface area contributed by atoms with Crippen molar-refractivity contribution in [1.82, 2.24) is 9.71 Å². The number of nitrogens with zero attached hydrogens (tertiary/aromatic N) is 1. The number of aromatic nitrogens is 1. The van der Waals surface area contributed by atoms with E-state index in [1.807, 2.05) is 0 Å². The second-order valence-electron chi connectivity index (χ2n) is 4.39. The molecule has 0 bridgehead atoms. The van der Waals surface area contributed by atoms with Gasteiger partial charge in [0.25, 0.3) is 0 Å². The molecular formula is C14H15FN2O3S. The van der Waals surface area contributed by atoms with Gasteiger partial charge in [-0.15, -0.1) is 0 Å². The minimum absolute atomic E-state index is 0.0205. The van der Waals surface area contributed by atoms with Gasteiger partial charge < -0.3 is 4.74 Å². The van der Waals surface area contributed by atoms with Gasteiger partial charge in [-0.1, -0.05) is 6.07 Å². The Labute approximate surface area is 122 Å². The van der Waals surface area contributed by atoms with Crippen LogP contribution in [0, 0.1) is 5.82 Å². The Hall–Kier alpha value is -1.99. The van der Waals surface area contributed by atoms with E-state index in [-0.39, 0.29) is 16.2 Å². The quantitative estimate of drug-likeness (QED) is 0.920. The van der Waals surface area contributed by atoms with Crippen molar-refractivity contribution in [3.8, 4) is 5.75 Å². The lowest BCUT2D eigenvalue weighted by Crippen LogP contribution is -2.27. The van der Waals surface area contributed by atoms with Gasteiger partial charge in [-0.3, -0.25) is 4.98 Å². The number of nitrogens with one attached hydrogen (secondary N) is 1. The molecule has 112 valence electrons. The maximum Gasteiger partial charge on any atom is 0.242 e. The highest BCUT2D eigenvalue weighted by atomic mass is 32.2. The summed E-state index contributed by atoms with van der Waals surface area (Å²) in [6, 6.07) is 6.48. The molecule has 1 unspecified atom stereocenters. The molecule has 1 N–H and O–H groups in total. The summed E-state index contributed by atoms with van der Waals surface area (Å²) >= 11 is 0. The monoisotopic (exact) mass is 310 g/mol. The molecule has 21 heavy (non-hydrogen) atoms. The first kappa shape index (κ1) is 15.4. The third-order valence-electron chi connectivity index (χ3n) is 2.94. The first-order valence-corrected chi connectivity index (χ1v) is 7.69. The number of ether oxygens (including phenoxy) is 1. The van der Waals surface area contributed by atoms with Gasteiger partial charge in [-0.2, -0.15) is 0 Å². The third-order valence-corrected chi connectivity index (χ3v) is 4.47. The fourth-order valence-corrected chi connectivity index (χ4v) is 3.16. The summed E-state index contributed by atoms with van der Waals surface area (Å²) in [5, 5.41) is 0. The maximum absolute atomic E-state index is 13.9. The predicted octanol–water partition coefficient (Wildman–Crippen LogP) is 2.27. The molecule has 0 radical (unpaired) electrons. The number of hydrogen-bond donors (Lipinski definition) is 1. The van der Waals surface area contributed by atoms with Crippen LogP contribution in [-0.4, -0.2) is 20.5 Å². The van der Waals surface area contributed by atoms with E-state index in [2.05, 4.69) is 9.71 Å². The Morgan fingerprint density at radius 1 is 1.29 bits per heavy atom. The SMILES string of the molecule is COc1cccc(F)c1C(C)NS(=O)(=O)c1cccnc1. The minimum Gasteiger partial charge on any atom is -0.496 e. The van der Waals surface area contributed by atoms with Crippen molar-refractivity contribution in [2.75, 3.05) is 7.11 Å². The van der Waals surface area contributed by atoms with Crippen LogP contribution in [0.1, 0.15) is 18.5 Å². The van der Waals surface area contributed by atoms with Crippen LogP contribution in [0.25, 0.3) is 0 Å². The number of benzene rings is 1. The Bertz CT molecular complexity index is 720. The number of hydrogen-bond acceptors (Lipinski definition) is 4. The molecule has 1 atom stereocenters. The maximum atomic E-state index is 13.9. The molecule has 0 aliphatic rings. The molecule has 1 heterocycles. The van der Waals surface area contributed by atoms with E-state index in [0.717, 1.165) is 0 Å². The molecule has 0 fully saturated rings. The van der Waals surface area contributed by atoms with Gasteiger partial charge in [-0.05, 0) is 31.2 Å². The molecule has 0 saturated carbocycles. The standard InChI is InChI=1S/C14H15FN2O3S/c1-10(14-12(15)6-3-7-13(14)20-2)17-21(18,19)11-5-4-8-16-9-11/h3-10,17H,1-2H3. The fraction of sp³-hybridized carbons (Fsp3) is 0.214. The molecule has 0 aliphatic carbocycles. The van der Waals surface area contributed by atoms with Crippen molar-refractivity contribution in [2.45, 2.75) is 17.9 Å². The Morgan fingerprint density at radius 3 is 2.67 bits per heavy atom. The number of sulfonamides is 1. The van der Waals surface area contributed by atoms with Crippen LogP contribution < -0.4 is 9.46 Å². The van der Waals surface area contributed by atoms with E-state index >= 15 is 0 Å². The van der Waals surface area contributed by atoms with Gasteiger partial charge >= 0.3 is 0 Å². The average Bonchev–Trinajstić information content (AvgIpc) is 2.47. The van der Waals surface area contributed by atoms with Gasteiger partial charge in [0.2, 0.25) is 10.0 Å². The van der Waals surface area contributed by atoms with E-state index < -0.39 is 21.9 Å². The van der Waals surface area contributed by atoms with Crippen LogP contribution in [0.3, 0.4) is 0 Å². The first-order valence-electron chi connectivity index (χ1n) is 6.20. The van der Waals surface area contributed by atoms with E-state index in [1.54, 1.807) is 13.0 Å². The minimum atomic E-state index is -3.78. The van der Waals surface area contributed by atoms with E-state index in [9.17, 15) is 12.8 Å². The Balaban J connectivity index is 2.33. The molecular weight excluding hydrogens is 295 g/mol. The van der Waals surface area contributed by atoms with Crippen LogP contribution in [0.15, 0.2) is 47.6 Å². The molecule has 2 rings (SSSR count). The van der Waals surface area contributed by atoms with Gasteiger partial charge in [0.1, 0.15) is 16.5 Å². The second-order valence-corrected chi connectivity index (χ2v) is 6.10. The summed E-state index contributed by atoms with van der Waals surface area (Å²) in [6.07, 6.45) is 2.70. The van der Waals surface area contributed by atoms with Crippen molar-refractivity contribution < 1.29 is 17.5 Å². The molecule has 7 heteroatoms. The molecule has 5 nitrogen and oxygen atoms in total. The molecule has 1 aromatic heterocycles. The fourth-order valence-electron chi connectivity index (χ4n) is 1.98. The highest BCUT2D eigenvalue weighted by Crippen LogP contribution is 2.28. The predicted molar refractivity (Wildman–Crippen MR) is 75.9 cm³/mol. The van der Waals surface area contributed by atoms with Crippen molar-refractivity contribution in [3.63, 3.8) is 0 Å². The lowest BCUT2D eigenvalue weighted by atomic mass is 10.1. The van der Waals surface area contributed by atoms with Crippen molar-refractivity contribution in [2.24, 2.45) is 0 Å². The van der Waals surface area contributed by atoms with E-state index in [0.29, 0.717) is 0 Å². The molecule has 0 saturated heterocycles. The highest BCUT2D eigenvalue weighted by molar-refractivity contribution is 7.89. The van der Waals surface area contributed by atoms with E-state index in [1.165, 1.54) is 43.8 Å². The lowest BCUT2D eigenvalue weighted by molar-refractivity contribution is 0.398. The topological polar surface area (TPSA) is 68.3 Å². The van der Waals surface area contributed by atoms with Crippen LogP contribution in [-0.2, 0) is 10.0 Å². The molecule has 1 aromatic carbocycles. The zero-order chi connectivity index (χ0) is 15.5. The van der Waals surface area contributed by atoms with Crippen molar-refractivity contribution in [3.05, 3.63) is 54.1 Å². The molecule has 0 amide bonds. The second kappa shape index (κ2) is 6.19. The lowest BCUT2D eigenvalue weighted by Gasteiger charge is -2.18. The zero-order valence-electron chi connectivity index (χ0n) is 11.6. The molecule has 0 aliphatic heterocycles. The van der Waals surface area contributed by atoms with Crippen molar-refractivity contribution in [1.29, 1.82) is 0 Å². The van der Waals surface area contributed by atoms with Gasteiger partial charge in [0.05, 0.1) is 13.2 Å². The summed E-state index contributed by atoms with van der Waals surface area (Å²) in [5.41, 5.74) is 0.160. The van der Waals surface area contributed by atoms with Crippen LogP contribution in [0.4, 0.5) is 4.39 Å². The summed E-state index contributed by atoms with van der Waals surface area (Å²) < 4.78 is 45.9. The number of pyridine rings is 1. The summed E-state index contributed by atoms with van der Waals surface area (Å²) in [7, 11) is -2.38. The molecule has 2 aromatic rings. The first-order chi connectivity index (χ1) is 9.95. The highest BCUT2D eigenvalue weighted by Gasteiger charge is 2.23. The van der Waals surface area contributed by atoms with Gasteiger partial charge in [-0.25, -0.2) is 17.5 Å². The number of methoxy groups -OCH3 is 1. The van der Waals surface area contributed by atoms with Crippen LogP contribution in [0.5, 0.6) is 5.75 Å². The summed E-state index contributed by atoms with van der Waals surface area (Å²) in [5.74, 6) is -0.243. The smallest absolute Gasteiger partial charge is 0.242 e. The molecule has 0 spiro atoms. The Morgan fingerprint density at radius 2 is 2.05 bits per heavy atom. The average molecular weight is 310 g/mol. The van der Waals surface area contributed by atoms with Crippen molar-refractivity contribution >= 4 is 10.0 Å². The summed E-state index contributed by atoms with van der Waals surface area (Å²) in [6.45, 7) is 1.55. The Kier molecular flexibility index (Phi) is 4.54. The summed E-state index contributed by atoms with van der Waals surface area (Å²) in [4.78, 5) is 3.78.